The zero-order chi connectivity index (χ0) is 19.4. The number of hydrogen-bond donors (Lipinski definition) is 2. The molecule has 1 saturated heterocycles. The number of fused-ring (bicyclic) bond motifs is 1. The maximum Gasteiger partial charge on any atom is 0.391 e. The van der Waals surface area contributed by atoms with E-state index in [0.29, 0.717) is 6.54 Å². The highest BCUT2D eigenvalue weighted by atomic mass is 32.2. The first kappa shape index (κ1) is 18.5. The fourth-order valence-corrected chi connectivity index (χ4v) is 4.74. The van der Waals surface area contributed by atoms with E-state index in [2.05, 4.69) is 15.0 Å². The zero-order valence-electron chi connectivity index (χ0n) is 14.2. The number of hydrogen-bond acceptors (Lipinski definition) is 5. The number of halogens is 4. The molecule has 0 unspecified atom stereocenters. The van der Waals surface area contributed by atoms with Crippen molar-refractivity contribution >= 4 is 27.2 Å². The minimum Gasteiger partial charge on any atom is -0.364 e. The lowest BCUT2D eigenvalue weighted by molar-refractivity contribution is -0.138. The first-order valence-corrected chi connectivity index (χ1v) is 10.1. The molecule has 1 aromatic carbocycles. The molecule has 27 heavy (non-hydrogen) atoms. The van der Waals surface area contributed by atoms with Gasteiger partial charge in [-0.3, -0.25) is 0 Å². The average Bonchev–Trinajstić information content (AvgIpc) is 3.38. The summed E-state index contributed by atoms with van der Waals surface area (Å²) in [6.07, 6.45) is -3.90. The molecule has 1 atom stereocenters. The smallest absolute Gasteiger partial charge is 0.364 e. The third-order valence-corrected chi connectivity index (χ3v) is 6.20. The standard InChI is InChI=1S/C16H18F4N4O2S/c17-10-5-12(24-4-3-21-8-11(24)7-16(18,19)20)14-13(6-10)27(25,26)23-15(22-14)9-1-2-9/h5-6,9,11,21H,1-4,7-8H2,(H,22,23)/t11-/m1/s1. The van der Waals surface area contributed by atoms with Crippen LogP contribution in [0, 0.1) is 11.7 Å². The van der Waals surface area contributed by atoms with Gasteiger partial charge in [0, 0.05) is 25.6 Å². The van der Waals surface area contributed by atoms with Crippen LogP contribution in [0.2, 0.25) is 0 Å². The van der Waals surface area contributed by atoms with Crippen molar-refractivity contribution in [1.29, 1.82) is 0 Å². The second-order valence-electron chi connectivity index (χ2n) is 7.02. The quantitative estimate of drug-likeness (QED) is 0.755. The monoisotopic (exact) mass is 406 g/mol. The summed E-state index contributed by atoms with van der Waals surface area (Å²) in [5, 5.41) is 5.86. The van der Waals surface area contributed by atoms with Gasteiger partial charge in [-0.15, -0.1) is 4.40 Å². The van der Waals surface area contributed by atoms with Crippen LogP contribution >= 0.6 is 0 Å². The van der Waals surface area contributed by atoms with Crippen LogP contribution < -0.4 is 15.5 Å². The highest BCUT2D eigenvalue weighted by Gasteiger charge is 2.40. The van der Waals surface area contributed by atoms with Crippen molar-refractivity contribution in [2.45, 2.75) is 36.4 Å². The van der Waals surface area contributed by atoms with Gasteiger partial charge >= 0.3 is 6.18 Å². The molecule has 0 spiro atoms. The summed E-state index contributed by atoms with van der Waals surface area (Å²) in [4.78, 5) is 1.09. The lowest BCUT2D eigenvalue weighted by atomic mass is 10.1. The molecule has 4 rings (SSSR count). The maximum absolute atomic E-state index is 14.2. The molecule has 0 amide bonds. The number of sulfonamides is 1. The Morgan fingerprint density at radius 3 is 2.67 bits per heavy atom. The molecule has 0 radical (unpaired) electrons. The minimum atomic E-state index is -4.39. The molecule has 2 N–H and O–H groups in total. The number of alkyl halides is 3. The zero-order valence-corrected chi connectivity index (χ0v) is 15.0. The van der Waals surface area contributed by atoms with E-state index in [4.69, 9.17) is 0 Å². The van der Waals surface area contributed by atoms with Gasteiger partial charge in [0.2, 0.25) is 0 Å². The first-order chi connectivity index (χ1) is 12.6. The van der Waals surface area contributed by atoms with Crippen LogP contribution in [0.4, 0.5) is 28.9 Å². The van der Waals surface area contributed by atoms with E-state index in [9.17, 15) is 26.0 Å². The highest BCUT2D eigenvalue weighted by molar-refractivity contribution is 7.90. The van der Waals surface area contributed by atoms with Crippen molar-refractivity contribution < 1.29 is 26.0 Å². The molecule has 1 aromatic rings. The summed E-state index contributed by atoms with van der Waals surface area (Å²) in [6, 6.07) is 0.985. The van der Waals surface area contributed by atoms with E-state index in [1.54, 1.807) is 0 Å². The third kappa shape index (κ3) is 3.75. The topological polar surface area (TPSA) is 73.8 Å². The van der Waals surface area contributed by atoms with Crippen molar-refractivity contribution in [2.24, 2.45) is 10.3 Å². The van der Waals surface area contributed by atoms with Crippen molar-refractivity contribution in [2.75, 3.05) is 29.9 Å². The summed E-state index contributed by atoms with van der Waals surface area (Å²) < 4.78 is 81.9. The number of piperazine rings is 1. The molecule has 11 heteroatoms. The molecule has 2 aliphatic heterocycles. The Labute approximate surface area is 153 Å². The van der Waals surface area contributed by atoms with Gasteiger partial charge in [0.15, 0.2) is 0 Å². The Morgan fingerprint density at radius 1 is 1.26 bits per heavy atom. The Morgan fingerprint density at radius 2 is 2.00 bits per heavy atom. The van der Waals surface area contributed by atoms with Crippen molar-refractivity contribution in [3.8, 4) is 0 Å². The second kappa shape index (κ2) is 6.33. The van der Waals surface area contributed by atoms with Crippen LogP contribution in [0.3, 0.4) is 0 Å². The first-order valence-electron chi connectivity index (χ1n) is 8.63. The molecule has 148 valence electrons. The maximum atomic E-state index is 14.2. The number of anilines is 2. The van der Waals surface area contributed by atoms with Crippen LogP contribution in [0.15, 0.2) is 21.4 Å². The van der Waals surface area contributed by atoms with Gasteiger partial charge in [0.1, 0.15) is 16.5 Å². The number of rotatable bonds is 3. The molecule has 2 fully saturated rings. The van der Waals surface area contributed by atoms with E-state index in [1.165, 1.54) is 4.90 Å². The summed E-state index contributed by atoms with van der Waals surface area (Å²) in [5.74, 6) is -0.568. The summed E-state index contributed by atoms with van der Waals surface area (Å²) in [5.41, 5.74) is 0.236. The Bertz CT molecular complexity index is 896. The molecule has 3 aliphatic rings. The fourth-order valence-electron chi connectivity index (χ4n) is 3.51. The number of benzene rings is 1. The Balaban J connectivity index is 1.79. The SMILES string of the molecule is O=S1(=O)N=C(C2CC2)Nc2c(N3CCNC[C@H]3CC(F)(F)F)cc(F)cc21. The van der Waals surface area contributed by atoms with E-state index in [0.717, 1.165) is 25.0 Å². The van der Waals surface area contributed by atoms with Crippen LogP contribution in [-0.2, 0) is 10.0 Å². The van der Waals surface area contributed by atoms with Gasteiger partial charge in [0.25, 0.3) is 10.0 Å². The fraction of sp³-hybridized carbons (Fsp3) is 0.562. The normalized spacial score (nSPS) is 24.8. The van der Waals surface area contributed by atoms with Gasteiger partial charge in [-0.05, 0) is 25.0 Å². The van der Waals surface area contributed by atoms with E-state index >= 15 is 0 Å². The van der Waals surface area contributed by atoms with Gasteiger partial charge in [-0.25, -0.2) is 4.39 Å². The summed E-state index contributed by atoms with van der Waals surface area (Å²) >= 11 is 0. The Kier molecular flexibility index (Phi) is 4.34. The Hall–Kier alpha value is -1.88. The number of nitrogens with zero attached hydrogens (tertiary/aromatic N) is 2. The van der Waals surface area contributed by atoms with E-state index in [-0.39, 0.29) is 41.1 Å². The lowest BCUT2D eigenvalue weighted by Crippen LogP contribution is -2.53. The van der Waals surface area contributed by atoms with Crippen molar-refractivity contribution in [3.63, 3.8) is 0 Å². The molecule has 2 heterocycles. The molecular weight excluding hydrogens is 388 g/mol. The minimum absolute atomic E-state index is 0.0141. The van der Waals surface area contributed by atoms with Crippen LogP contribution in [0.5, 0.6) is 0 Å². The molecule has 0 bridgehead atoms. The van der Waals surface area contributed by atoms with Crippen LogP contribution in [0.1, 0.15) is 19.3 Å². The predicted molar refractivity (Wildman–Crippen MR) is 92.0 cm³/mol. The third-order valence-electron chi connectivity index (χ3n) is 4.89. The van der Waals surface area contributed by atoms with Gasteiger partial charge < -0.3 is 15.5 Å². The molecule has 1 saturated carbocycles. The second-order valence-corrected chi connectivity index (χ2v) is 8.59. The largest absolute Gasteiger partial charge is 0.391 e. The van der Waals surface area contributed by atoms with E-state index in [1.807, 2.05) is 0 Å². The number of amidine groups is 1. The lowest BCUT2D eigenvalue weighted by Gasteiger charge is -2.40. The number of nitrogens with one attached hydrogen (secondary N) is 2. The molecule has 6 nitrogen and oxygen atoms in total. The van der Waals surface area contributed by atoms with Crippen molar-refractivity contribution in [3.05, 3.63) is 17.9 Å². The molecule has 1 aliphatic carbocycles. The van der Waals surface area contributed by atoms with Gasteiger partial charge in [-0.1, -0.05) is 0 Å². The summed E-state index contributed by atoms with van der Waals surface area (Å²) in [6.45, 7) is 0.686. The molecular formula is C16H18F4N4O2S. The average molecular weight is 406 g/mol. The van der Waals surface area contributed by atoms with E-state index < -0.39 is 34.5 Å². The van der Waals surface area contributed by atoms with Crippen LogP contribution in [-0.4, -0.2) is 46.1 Å². The van der Waals surface area contributed by atoms with Crippen molar-refractivity contribution in [1.82, 2.24) is 5.32 Å². The predicted octanol–water partition coefficient (Wildman–Crippen LogP) is 2.48. The highest BCUT2D eigenvalue weighted by Crippen LogP contribution is 2.42. The summed E-state index contributed by atoms with van der Waals surface area (Å²) in [7, 11) is -4.11. The van der Waals surface area contributed by atoms with Gasteiger partial charge in [0.05, 0.1) is 23.8 Å². The van der Waals surface area contributed by atoms with Gasteiger partial charge in [-0.2, -0.15) is 21.6 Å². The molecule has 0 aromatic heterocycles. The van der Waals surface area contributed by atoms with Crippen LogP contribution in [0.25, 0.3) is 0 Å².